The molecule has 0 saturated heterocycles. The summed E-state index contributed by atoms with van der Waals surface area (Å²) in [5, 5.41) is 9.07. The van der Waals surface area contributed by atoms with Crippen molar-refractivity contribution in [1.82, 2.24) is 4.90 Å². The highest BCUT2D eigenvalue weighted by atomic mass is 16.5. The highest BCUT2D eigenvalue weighted by molar-refractivity contribution is 5.97. The summed E-state index contributed by atoms with van der Waals surface area (Å²) in [6, 6.07) is 13.8. The molecule has 2 aromatic carbocycles. The maximum atomic E-state index is 12.7. The molecule has 2 unspecified atom stereocenters. The lowest BCUT2D eigenvalue weighted by Crippen LogP contribution is -2.44. The van der Waals surface area contributed by atoms with E-state index in [0.717, 1.165) is 17.7 Å². The quantitative estimate of drug-likeness (QED) is 0.938. The van der Waals surface area contributed by atoms with Crippen LogP contribution < -0.4 is 4.74 Å². The third kappa shape index (κ3) is 2.97. The summed E-state index contributed by atoms with van der Waals surface area (Å²) in [6.07, 6.45) is 0.642. The van der Waals surface area contributed by atoms with Gasteiger partial charge >= 0.3 is 5.97 Å². The van der Waals surface area contributed by atoms with Gasteiger partial charge in [0.15, 0.2) is 0 Å². The zero-order valence-corrected chi connectivity index (χ0v) is 13.6. The number of hydrogen-bond donors (Lipinski definition) is 1. The summed E-state index contributed by atoms with van der Waals surface area (Å²) in [6.45, 7) is 1.94. The predicted molar refractivity (Wildman–Crippen MR) is 89.5 cm³/mol. The van der Waals surface area contributed by atoms with Gasteiger partial charge in [-0.05, 0) is 36.8 Å². The number of aromatic carboxylic acids is 1. The Kier molecular flexibility index (Phi) is 4.25. The zero-order valence-electron chi connectivity index (χ0n) is 13.6. The maximum Gasteiger partial charge on any atom is 0.335 e. The number of carbonyl (C=O) groups is 2. The molecule has 5 heteroatoms. The molecule has 0 radical (unpaired) electrons. The Labute approximate surface area is 140 Å². The van der Waals surface area contributed by atoms with Crippen molar-refractivity contribution < 1.29 is 19.4 Å². The molecule has 24 heavy (non-hydrogen) atoms. The van der Waals surface area contributed by atoms with Crippen LogP contribution in [0.15, 0.2) is 48.5 Å². The number of ether oxygens (including phenoxy) is 1. The van der Waals surface area contributed by atoms with Gasteiger partial charge in [-0.1, -0.05) is 24.3 Å². The average molecular weight is 325 g/mol. The molecule has 3 rings (SSSR count). The lowest BCUT2D eigenvalue weighted by atomic mass is 10.0. The van der Waals surface area contributed by atoms with Crippen LogP contribution in [0.2, 0.25) is 0 Å². The monoisotopic (exact) mass is 325 g/mol. The summed E-state index contributed by atoms with van der Waals surface area (Å²) in [7, 11) is 1.72. The van der Waals surface area contributed by atoms with Crippen LogP contribution in [0, 0.1) is 0 Å². The minimum Gasteiger partial charge on any atom is -0.488 e. The van der Waals surface area contributed by atoms with E-state index < -0.39 is 5.97 Å². The van der Waals surface area contributed by atoms with Gasteiger partial charge in [0, 0.05) is 19.0 Å². The second-order valence-corrected chi connectivity index (χ2v) is 6.01. The van der Waals surface area contributed by atoms with Gasteiger partial charge in [-0.25, -0.2) is 4.79 Å². The van der Waals surface area contributed by atoms with Gasteiger partial charge in [-0.2, -0.15) is 0 Å². The van der Waals surface area contributed by atoms with Crippen LogP contribution in [-0.2, 0) is 6.42 Å². The smallest absolute Gasteiger partial charge is 0.335 e. The molecular formula is C19H19NO4. The number of likely N-dealkylation sites (N-methyl/N-ethyl adjacent to an activating group) is 1. The van der Waals surface area contributed by atoms with Gasteiger partial charge in [-0.3, -0.25) is 4.79 Å². The number of carboxylic acid groups (broad SMARTS) is 1. The fourth-order valence-electron chi connectivity index (χ4n) is 2.90. The lowest BCUT2D eigenvalue weighted by Gasteiger charge is -2.29. The Balaban J connectivity index is 1.74. The minimum absolute atomic E-state index is 0.103. The highest BCUT2D eigenvalue weighted by Gasteiger charge is 2.32. The van der Waals surface area contributed by atoms with Crippen molar-refractivity contribution in [2.75, 3.05) is 7.05 Å². The van der Waals surface area contributed by atoms with E-state index in [1.165, 1.54) is 12.1 Å². The molecule has 0 aromatic heterocycles. The number of carbonyl (C=O) groups excluding carboxylic acids is 1. The second-order valence-electron chi connectivity index (χ2n) is 6.01. The first kappa shape index (κ1) is 16.1. The number of fused-ring (bicyclic) bond motifs is 1. The Morgan fingerprint density at radius 2 is 1.88 bits per heavy atom. The van der Waals surface area contributed by atoms with Crippen molar-refractivity contribution in [3.63, 3.8) is 0 Å². The van der Waals surface area contributed by atoms with Gasteiger partial charge < -0.3 is 14.7 Å². The topological polar surface area (TPSA) is 66.8 Å². The van der Waals surface area contributed by atoms with Gasteiger partial charge in [0.05, 0.1) is 11.6 Å². The largest absolute Gasteiger partial charge is 0.488 e. The average Bonchev–Trinajstić information content (AvgIpc) is 3.04. The van der Waals surface area contributed by atoms with Crippen LogP contribution in [-0.4, -0.2) is 41.1 Å². The van der Waals surface area contributed by atoms with Gasteiger partial charge in [-0.15, -0.1) is 0 Å². The van der Waals surface area contributed by atoms with Gasteiger partial charge in [0.1, 0.15) is 11.9 Å². The van der Waals surface area contributed by atoms with Crippen molar-refractivity contribution >= 4 is 11.9 Å². The molecule has 0 saturated carbocycles. The molecule has 0 fully saturated rings. The molecule has 1 N–H and O–H groups in total. The van der Waals surface area contributed by atoms with Crippen molar-refractivity contribution in [2.45, 2.75) is 25.5 Å². The van der Waals surface area contributed by atoms with Gasteiger partial charge in [0.25, 0.3) is 5.91 Å². The van der Waals surface area contributed by atoms with E-state index in [4.69, 9.17) is 9.84 Å². The minimum atomic E-state index is -1.05. The van der Waals surface area contributed by atoms with E-state index >= 15 is 0 Å². The summed E-state index contributed by atoms with van der Waals surface area (Å²) in [4.78, 5) is 25.3. The first-order valence-corrected chi connectivity index (χ1v) is 7.82. The molecule has 1 heterocycles. The van der Waals surface area contributed by atoms with E-state index in [0.29, 0.717) is 5.56 Å². The summed E-state index contributed by atoms with van der Waals surface area (Å²) in [5.74, 6) is -0.400. The number of carboxylic acids is 1. The summed E-state index contributed by atoms with van der Waals surface area (Å²) < 4.78 is 5.95. The van der Waals surface area contributed by atoms with E-state index in [-0.39, 0.29) is 23.6 Å². The Morgan fingerprint density at radius 1 is 1.17 bits per heavy atom. The van der Waals surface area contributed by atoms with E-state index in [9.17, 15) is 9.59 Å². The molecule has 2 atom stereocenters. The molecule has 0 aliphatic carbocycles. The van der Waals surface area contributed by atoms with Crippen LogP contribution in [0.4, 0.5) is 0 Å². The Hall–Kier alpha value is -2.82. The standard InChI is InChI=1S/C19H19NO4/c1-12(17-11-13-6-3-4-9-16(13)24-17)20(2)18(21)14-7-5-8-15(10-14)19(22)23/h3-10,12,17H,11H2,1-2H3,(H,22,23). The third-order valence-corrected chi connectivity index (χ3v) is 4.50. The van der Waals surface area contributed by atoms with Crippen molar-refractivity contribution in [3.8, 4) is 5.75 Å². The molecule has 1 aliphatic rings. The highest BCUT2D eigenvalue weighted by Crippen LogP contribution is 2.30. The number of amides is 1. The van der Waals surface area contributed by atoms with Crippen molar-refractivity contribution in [3.05, 3.63) is 65.2 Å². The summed E-state index contributed by atoms with van der Waals surface area (Å²) in [5.41, 5.74) is 1.61. The fourth-order valence-corrected chi connectivity index (χ4v) is 2.90. The van der Waals surface area contributed by atoms with Gasteiger partial charge in [0.2, 0.25) is 0 Å². The van der Waals surface area contributed by atoms with Crippen LogP contribution >= 0.6 is 0 Å². The number of nitrogens with zero attached hydrogens (tertiary/aromatic N) is 1. The van der Waals surface area contributed by atoms with Crippen LogP contribution in [0.1, 0.15) is 33.2 Å². The summed E-state index contributed by atoms with van der Waals surface area (Å²) >= 11 is 0. The number of rotatable bonds is 4. The first-order valence-electron chi connectivity index (χ1n) is 7.82. The van der Waals surface area contributed by atoms with Crippen molar-refractivity contribution in [2.24, 2.45) is 0 Å². The first-order chi connectivity index (χ1) is 11.5. The van der Waals surface area contributed by atoms with Crippen LogP contribution in [0.5, 0.6) is 5.75 Å². The third-order valence-electron chi connectivity index (χ3n) is 4.50. The van der Waals surface area contributed by atoms with E-state index in [2.05, 4.69) is 0 Å². The fraction of sp³-hybridized carbons (Fsp3) is 0.263. The molecule has 124 valence electrons. The second kappa shape index (κ2) is 6.35. The molecule has 0 spiro atoms. The van der Waals surface area contributed by atoms with Crippen molar-refractivity contribution in [1.29, 1.82) is 0 Å². The molecule has 0 bridgehead atoms. The zero-order chi connectivity index (χ0) is 17.3. The molecule has 5 nitrogen and oxygen atoms in total. The Bertz CT molecular complexity index is 761. The SMILES string of the molecule is CC(C1Cc2ccccc2O1)N(C)C(=O)c1cccc(C(=O)O)c1. The molecule has 1 aliphatic heterocycles. The van der Waals surface area contributed by atoms with E-state index in [1.807, 2.05) is 31.2 Å². The number of hydrogen-bond acceptors (Lipinski definition) is 3. The maximum absolute atomic E-state index is 12.7. The normalized spacial score (nSPS) is 16.8. The van der Waals surface area contributed by atoms with Crippen LogP contribution in [0.3, 0.4) is 0 Å². The van der Waals surface area contributed by atoms with Crippen LogP contribution in [0.25, 0.3) is 0 Å². The Morgan fingerprint density at radius 3 is 2.58 bits per heavy atom. The number of para-hydroxylation sites is 1. The molecule has 2 aromatic rings. The molecular weight excluding hydrogens is 306 g/mol. The van der Waals surface area contributed by atoms with E-state index in [1.54, 1.807) is 24.1 Å². The molecule has 1 amide bonds. The lowest BCUT2D eigenvalue weighted by molar-refractivity contribution is 0.0598. The number of benzene rings is 2. The predicted octanol–water partition coefficient (Wildman–Crippen LogP) is 2.85.